The minimum absolute atomic E-state index is 0.147. The number of imide groups is 1. The van der Waals surface area contributed by atoms with Crippen LogP contribution in [-0.4, -0.2) is 74.9 Å². The number of carbonyl (C=O) groups is 3. The molecular weight excluding hydrogens is 631 g/mol. The minimum atomic E-state index is -0.714. The number of aromatic amines is 2. The van der Waals surface area contributed by atoms with Gasteiger partial charge in [-0.3, -0.25) is 24.3 Å². The number of methoxy groups -OCH3 is 1. The molecule has 50 heavy (non-hydrogen) atoms. The normalized spacial score (nSPS) is 17.1. The molecule has 3 aromatic rings. The lowest BCUT2D eigenvalue weighted by atomic mass is 9.84. The van der Waals surface area contributed by atoms with Crippen LogP contribution in [0, 0.1) is 13.8 Å². The Morgan fingerprint density at radius 2 is 1.76 bits per heavy atom. The van der Waals surface area contributed by atoms with Crippen LogP contribution in [0.15, 0.2) is 24.8 Å². The fraction of sp³-hybridized carbons (Fsp3) is 0.395. The molecule has 260 valence electrons. The molecule has 0 saturated heterocycles. The number of nitrogens with zero attached hydrogens (tertiary/aromatic N) is 3. The molecule has 3 aliphatic heterocycles. The number of ether oxygens (including phenoxy) is 1. The van der Waals surface area contributed by atoms with Gasteiger partial charge in [-0.2, -0.15) is 0 Å². The predicted molar refractivity (Wildman–Crippen MR) is 198 cm³/mol. The lowest BCUT2D eigenvalue weighted by Gasteiger charge is -2.27. The van der Waals surface area contributed by atoms with Crippen molar-refractivity contribution in [1.29, 1.82) is 0 Å². The maximum Gasteiger partial charge on any atom is 0.373 e. The monoisotopic (exact) mass is 676 g/mol. The summed E-state index contributed by atoms with van der Waals surface area (Å²) >= 11 is 0. The number of rotatable bonds is 10. The molecule has 2 atom stereocenters. The fourth-order valence-corrected chi connectivity index (χ4v) is 7.53. The Balaban J connectivity index is 1.72. The topological polar surface area (TPSA) is 153 Å². The highest BCUT2D eigenvalue weighted by molar-refractivity contribution is 6.45. The number of fused-ring (bicyclic) bond motifs is 8. The Bertz CT molecular complexity index is 2130. The van der Waals surface area contributed by atoms with Crippen LogP contribution in [0.4, 0.5) is 0 Å². The summed E-state index contributed by atoms with van der Waals surface area (Å²) in [5.74, 6) is -1.63. The van der Waals surface area contributed by atoms with E-state index in [0.717, 1.165) is 56.8 Å². The van der Waals surface area contributed by atoms with Gasteiger partial charge in [0.15, 0.2) is 0 Å². The number of esters is 1. The van der Waals surface area contributed by atoms with Crippen LogP contribution in [0.25, 0.3) is 39.3 Å². The molecule has 2 amide bonds. The van der Waals surface area contributed by atoms with Crippen molar-refractivity contribution in [3.63, 3.8) is 0 Å². The Morgan fingerprint density at radius 1 is 1.06 bits per heavy atom. The summed E-state index contributed by atoms with van der Waals surface area (Å²) in [5, 5.41) is 12.7. The summed E-state index contributed by atoms with van der Waals surface area (Å²) in [6.07, 6.45) is 3.60. The van der Waals surface area contributed by atoms with E-state index in [1.807, 2.05) is 32.1 Å². The first kappa shape index (κ1) is 35.0. The summed E-state index contributed by atoms with van der Waals surface area (Å²) in [6.45, 7) is 16.4. The van der Waals surface area contributed by atoms with Crippen molar-refractivity contribution in [2.75, 3.05) is 20.2 Å². The molecule has 3 aliphatic rings. The van der Waals surface area contributed by atoms with E-state index in [9.17, 15) is 19.4 Å². The Kier molecular flexibility index (Phi) is 9.70. The Labute approximate surface area is 292 Å². The van der Waals surface area contributed by atoms with E-state index < -0.39 is 13.0 Å². The molecule has 11 nitrogen and oxygen atoms in total. The summed E-state index contributed by atoms with van der Waals surface area (Å²) in [6, 6.07) is 6.04. The summed E-state index contributed by atoms with van der Waals surface area (Å²) in [7, 11) is 0.652. The molecule has 0 spiro atoms. The standard InChI is InChI=1S/C38H45BN6O5/c1-9-23-19(3)26-16-28-21(5)25(12-13-32(46)50-8)35(43-28)34-36-33(37(47)45(38(34)48)15-11-14-40-39(7)49)22(6)29(44-36)18-31-24(10-2)20(4)27(42-31)17-30(23)41-26/h9,16-18,21,25,40-41,44,49H,1,10-15H2,2-8H3/t21-,25-/m0/s1. The highest BCUT2D eigenvalue weighted by Crippen LogP contribution is 2.44. The van der Waals surface area contributed by atoms with Crippen molar-refractivity contribution >= 4 is 64.1 Å². The number of H-pyrrole nitrogens is 2. The molecule has 4 N–H and O–H groups in total. The van der Waals surface area contributed by atoms with Crippen LogP contribution in [0.1, 0.15) is 118 Å². The molecule has 8 bridgehead atoms. The van der Waals surface area contributed by atoms with Crippen molar-refractivity contribution in [2.45, 2.75) is 79.0 Å². The molecule has 0 radical (unpaired) electrons. The summed E-state index contributed by atoms with van der Waals surface area (Å²) < 4.78 is 5.00. The summed E-state index contributed by atoms with van der Waals surface area (Å²) in [5.41, 5.74) is 11.4. The largest absolute Gasteiger partial charge is 0.469 e. The SMILES string of the molecule is C=Cc1c(C)c2cc3nc(c4c5[nH]c(cc6nc(cc1[nH]2)C(C)=C6CC)c(C)c5C(=O)N(CCCNB(C)O)C4=O)[C@@H](CCC(=O)OC)[C@@H]3C. The molecule has 0 unspecified atom stereocenters. The third-order valence-corrected chi connectivity index (χ3v) is 10.4. The van der Waals surface area contributed by atoms with Crippen LogP contribution in [0.3, 0.4) is 0 Å². The van der Waals surface area contributed by atoms with Crippen molar-refractivity contribution < 1.29 is 24.1 Å². The summed E-state index contributed by atoms with van der Waals surface area (Å²) in [4.78, 5) is 59.8. The van der Waals surface area contributed by atoms with Crippen molar-refractivity contribution in [1.82, 2.24) is 30.1 Å². The van der Waals surface area contributed by atoms with E-state index in [4.69, 9.17) is 14.7 Å². The second-order valence-corrected chi connectivity index (χ2v) is 13.4. The van der Waals surface area contributed by atoms with E-state index >= 15 is 0 Å². The first-order valence-electron chi connectivity index (χ1n) is 17.3. The van der Waals surface area contributed by atoms with E-state index in [-0.39, 0.29) is 36.7 Å². The Morgan fingerprint density at radius 3 is 2.44 bits per heavy atom. The third kappa shape index (κ3) is 6.00. The Hall–Kier alpha value is -4.81. The maximum atomic E-state index is 14.6. The molecule has 6 rings (SSSR count). The number of aryl methyl sites for hydroxylation is 2. The average Bonchev–Trinajstić information content (AvgIpc) is 3.76. The van der Waals surface area contributed by atoms with Crippen LogP contribution >= 0.6 is 0 Å². The molecule has 0 fully saturated rings. The molecular formula is C38H45BN6O5. The van der Waals surface area contributed by atoms with Gasteiger partial charge in [0.05, 0.1) is 40.8 Å². The highest BCUT2D eigenvalue weighted by Gasteiger charge is 2.41. The van der Waals surface area contributed by atoms with E-state index in [1.165, 1.54) is 12.0 Å². The van der Waals surface area contributed by atoms with Gasteiger partial charge < -0.3 is 25.0 Å². The number of hydrogen-bond acceptors (Lipinski definition) is 8. The van der Waals surface area contributed by atoms with Crippen molar-refractivity contribution in [3.05, 3.63) is 75.4 Å². The zero-order chi connectivity index (χ0) is 36.0. The molecule has 0 saturated carbocycles. The number of hydrogen-bond donors (Lipinski definition) is 4. The lowest BCUT2D eigenvalue weighted by Crippen LogP contribution is -2.42. The second kappa shape index (κ2) is 13.8. The van der Waals surface area contributed by atoms with Gasteiger partial charge in [0.25, 0.3) is 11.8 Å². The minimum Gasteiger partial charge on any atom is -0.469 e. The quantitative estimate of drug-likeness (QED) is 0.0829. The van der Waals surface area contributed by atoms with Gasteiger partial charge >= 0.3 is 13.0 Å². The van der Waals surface area contributed by atoms with Crippen LogP contribution in [0.2, 0.25) is 6.82 Å². The second-order valence-electron chi connectivity index (χ2n) is 13.4. The number of allylic oxidation sites excluding steroid dienone is 2. The molecule has 0 aliphatic carbocycles. The number of aromatic nitrogens is 4. The molecule has 0 aromatic carbocycles. The van der Waals surface area contributed by atoms with Gasteiger partial charge in [-0.15, -0.1) is 0 Å². The van der Waals surface area contributed by atoms with Gasteiger partial charge in [-0.25, -0.2) is 4.98 Å². The van der Waals surface area contributed by atoms with Crippen molar-refractivity contribution in [3.8, 4) is 0 Å². The number of nitrogens with one attached hydrogen (secondary N) is 3. The van der Waals surface area contributed by atoms with Gasteiger partial charge in [-0.05, 0) is 93.9 Å². The maximum absolute atomic E-state index is 14.6. The van der Waals surface area contributed by atoms with Gasteiger partial charge in [-0.1, -0.05) is 26.5 Å². The highest BCUT2D eigenvalue weighted by atomic mass is 16.5. The lowest BCUT2D eigenvalue weighted by molar-refractivity contribution is -0.140. The van der Waals surface area contributed by atoms with Gasteiger partial charge in [0, 0.05) is 52.6 Å². The predicted octanol–water partition coefficient (Wildman–Crippen LogP) is 6.44. The third-order valence-electron chi connectivity index (χ3n) is 10.4. The molecule has 12 heteroatoms. The zero-order valence-corrected chi connectivity index (χ0v) is 29.9. The zero-order valence-electron chi connectivity index (χ0n) is 29.9. The number of carbonyl (C=O) groups excluding carboxylic acids is 3. The molecule has 3 aromatic heterocycles. The van der Waals surface area contributed by atoms with Crippen LogP contribution in [0.5, 0.6) is 0 Å². The van der Waals surface area contributed by atoms with Crippen LogP contribution < -0.4 is 5.23 Å². The fourth-order valence-electron chi connectivity index (χ4n) is 7.53. The average molecular weight is 677 g/mol. The van der Waals surface area contributed by atoms with E-state index in [2.05, 4.69) is 48.6 Å². The van der Waals surface area contributed by atoms with Gasteiger partial charge in [0.2, 0.25) is 0 Å². The van der Waals surface area contributed by atoms with Crippen LogP contribution in [-0.2, 0) is 9.53 Å². The molecule has 6 heterocycles. The smallest absolute Gasteiger partial charge is 0.373 e. The number of amides is 2. The first-order valence-corrected chi connectivity index (χ1v) is 17.3. The van der Waals surface area contributed by atoms with Crippen molar-refractivity contribution in [2.24, 2.45) is 0 Å². The van der Waals surface area contributed by atoms with E-state index in [1.54, 1.807) is 6.82 Å². The van der Waals surface area contributed by atoms with E-state index in [0.29, 0.717) is 52.8 Å². The van der Waals surface area contributed by atoms with Gasteiger partial charge in [0.1, 0.15) is 0 Å². The first-order chi connectivity index (χ1) is 23.9.